The minimum absolute atomic E-state index is 0.0568. The highest BCUT2D eigenvalue weighted by Crippen LogP contribution is 2.32. The molecule has 0 saturated carbocycles. The molecule has 0 radical (unpaired) electrons. The third-order valence-electron chi connectivity index (χ3n) is 4.56. The number of hydrogen-bond donors (Lipinski definition) is 0. The molecule has 1 amide bonds. The molecule has 1 aliphatic heterocycles. The molecule has 0 atom stereocenters. The van der Waals surface area contributed by atoms with Gasteiger partial charge in [-0.1, -0.05) is 18.2 Å². The summed E-state index contributed by atoms with van der Waals surface area (Å²) in [6.45, 7) is 6.57. The van der Waals surface area contributed by atoms with Gasteiger partial charge in [0.05, 0.1) is 12.2 Å². The van der Waals surface area contributed by atoms with E-state index in [1.807, 2.05) is 0 Å². The van der Waals surface area contributed by atoms with Gasteiger partial charge in [0, 0.05) is 19.0 Å². The molecule has 0 unspecified atom stereocenters. The van der Waals surface area contributed by atoms with E-state index in [9.17, 15) is 22.4 Å². The van der Waals surface area contributed by atoms with Gasteiger partial charge in [-0.3, -0.25) is 0 Å². The van der Waals surface area contributed by atoms with E-state index in [-0.39, 0.29) is 24.4 Å². The smallest absolute Gasteiger partial charge is 0.416 e. The highest BCUT2D eigenvalue weighted by atomic mass is 19.4. The molecule has 8 heteroatoms. The Hall–Kier alpha value is -2.77. The van der Waals surface area contributed by atoms with Gasteiger partial charge in [-0.2, -0.15) is 13.2 Å². The van der Waals surface area contributed by atoms with Crippen LogP contribution in [0.15, 0.2) is 42.5 Å². The van der Waals surface area contributed by atoms with Gasteiger partial charge in [-0.05, 0) is 56.2 Å². The van der Waals surface area contributed by atoms with Gasteiger partial charge in [0.15, 0.2) is 11.6 Å². The zero-order valence-electron chi connectivity index (χ0n) is 16.9. The Balaban J connectivity index is 1.54. The highest BCUT2D eigenvalue weighted by Gasteiger charge is 2.34. The van der Waals surface area contributed by atoms with Crippen LogP contribution in [0.3, 0.4) is 0 Å². The van der Waals surface area contributed by atoms with Crippen LogP contribution in [0.5, 0.6) is 5.75 Å². The molecule has 30 heavy (non-hydrogen) atoms. The fraction of sp³-hybridized carbons (Fsp3) is 0.409. The first-order valence-corrected chi connectivity index (χ1v) is 9.50. The van der Waals surface area contributed by atoms with E-state index >= 15 is 0 Å². The van der Waals surface area contributed by atoms with Crippen molar-refractivity contribution in [3.8, 4) is 16.9 Å². The molecule has 0 aliphatic carbocycles. The number of hydrogen-bond acceptors (Lipinski definition) is 3. The summed E-state index contributed by atoms with van der Waals surface area (Å²) in [5, 5.41) is 0. The number of halogens is 4. The maximum absolute atomic E-state index is 14.4. The van der Waals surface area contributed by atoms with Crippen LogP contribution >= 0.6 is 0 Å². The maximum Gasteiger partial charge on any atom is 0.416 e. The second-order valence-electron chi connectivity index (χ2n) is 8.28. The molecular formula is C22H23F4NO3. The molecule has 1 heterocycles. The number of carbonyl (C=O) groups excluding carboxylic acids is 1. The SMILES string of the molecule is CC(C)(C)OC(=O)N1CC(COc2ccc(-c3ccc(C(F)(F)F)cc3)cc2F)C1. The van der Waals surface area contributed by atoms with Crippen molar-refractivity contribution in [2.45, 2.75) is 32.5 Å². The standard InChI is InChI=1S/C22H23F4NO3/c1-21(2,3)30-20(28)27-11-14(12-27)13-29-19-9-6-16(10-18(19)23)15-4-7-17(8-5-15)22(24,25)26/h4-10,14H,11-13H2,1-3H3. The first kappa shape index (κ1) is 21.9. The predicted molar refractivity (Wildman–Crippen MR) is 104 cm³/mol. The van der Waals surface area contributed by atoms with E-state index in [1.54, 1.807) is 31.7 Å². The van der Waals surface area contributed by atoms with E-state index in [4.69, 9.17) is 9.47 Å². The Morgan fingerprint density at radius 1 is 1.03 bits per heavy atom. The molecule has 1 fully saturated rings. The summed E-state index contributed by atoms with van der Waals surface area (Å²) in [5.41, 5.74) is -0.391. The second kappa shape index (κ2) is 8.16. The molecule has 2 aromatic rings. The monoisotopic (exact) mass is 425 g/mol. The van der Waals surface area contributed by atoms with Crippen molar-refractivity contribution in [2.75, 3.05) is 19.7 Å². The first-order chi connectivity index (χ1) is 13.9. The molecule has 1 aliphatic rings. The maximum atomic E-state index is 14.4. The number of nitrogens with zero attached hydrogens (tertiary/aromatic N) is 1. The van der Waals surface area contributed by atoms with Crippen molar-refractivity contribution in [1.82, 2.24) is 4.90 Å². The Morgan fingerprint density at radius 3 is 2.17 bits per heavy atom. The van der Waals surface area contributed by atoms with E-state index in [2.05, 4.69) is 0 Å². The van der Waals surface area contributed by atoms with Crippen LogP contribution in [-0.2, 0) is 10.9 Å². The van der Waals surface area contributed by atoms with Crippen LogP contribution < -0.4 is 4.74 Å². The van der Waals surface area contributed by atoms with Crippen LogP contribution in [0.1, 0.15) is 26.3 Å². The lowest BCUT2D eigenvalue weighted by Crippen LogP contribution is -2.53. The lowest BCUT2D eigenvalue weighted by molar-refractivity contribution is -0.137. The highest BCUT2D eigenvalue weighted by molar-refractivity contribution is 5.69. The van der Waals surface area contributed by atoms with Gasteiger partial charge >= 0.3 is 12.3 Å². The molecule has 0 aromatic heterocycles. The Bertz CT molecular complexity index is 898. The Morgan fingerprint density at radius 2 is 1.63 bits per heavy atom. The summed E-state index contributed by atoms with van der Waals surface area (Å²) in [7, 11) is 0. The minimum atomic E-state index is -4.41. The van der Waals surface area contributed by atoms with Gasteiger partial charge < -0.3 is 14.4 Å². The minimum Gasteiger partial charge on any atom is -0.490 e. The number of carbonyl (C=O) groups is 1. The fourth-order valence-corrected chi connectivity index (χ4v) is 3.01. The van der Waals surface area contributed by atoms with Crippen molar-refractivity contribution in [3.05, 3.63) is 53.8 Å². The van der Waals surface area contributed by atoms with Gasteiger partial charge in [0.25, 0.3) is 0 Å². The third kappa shape index (κ3) is 5.43. The molecule has 4 nitrogen and oxygen atoms in total. The quantitative estimate of drug-likeness (QED) is 0.585. The van der Waals surface area contributed by atoms with Crippen LogP contribution in [0.2, 0.25) is 0 Å². The lowest BCUT2D eigenvalue weighted by Gasteiger charge is -2.39. The van der Waals surface area contributed by atoms with Crippen LogP contribution in [0, 0.1) is 11.7 Å². The lowest BCUT2D eigenvalue weighted by atomic mass is 10.0. The molecule has 2 aromatic carbocycles. The normalized spacial score (nSPS) is 15.0. The molecular weight excluding hydrogens is 402 g/mol. The number of likely N-dealkylation sites (tertiary alicyclic amines) is 1. The van der Waals surface area contributed by atoms with Crippen molar-refractivity contribution in [2.24, 2.45) is 5.92 Å². The molecule has 3 rings (SSSR count). The average Bonchev–Trinajstić information content (AvgIpc) is 2.59. The largest absolute Gasteiger partial charge is 0.490 e. The summed E-state index contributed by atoms with van der Waals surface area (Å²) in [6, 6.07) is 8.80. The van der Waals surface area contributed by atoms with Crippen molar-refractivity contribution >= 4 is 6.09 Å². The molecule has 162 valence electrons. The number of benzene rings is 2. The number of rotatable bonds is 4. The molecule has 0 N–H and O–H groups in total. The molecule has 0 spiro atoms. The Labute approximate surface area is 172 Å². The molecule has 0 bridgehead atoms. The summed E-state index contributed by atoms with van der Waals surface area (Å²) in [4.78, 5) is 13.5. The summed E-state index contributed by atoms with van der Waals surface area (Å²) in [6.07, 6.45) is -4.80. The van der Waals surface area contributed by atoms with E-state index in [1.165, 1.54) is 24.3 Å². The van der Waals surface area contributed by atoms with Gasteiger partial charge in [0.1, 0.15) is 5.60 Å². The van der Waals surface area contributed by atoms with Crippen molar-refractivity contribution < 1.29 is 31.8 Å². The second-order valence-corrected chi connectivity index (χ2v) is 8.28. The van der Waals surface area contributed by atoms with E-state index < -0.39 is 23.2 Å². The van der Waals surface area contributed by atoms with Gasteiger partial charge in [-0.25, -0.2) is 9.18 Å². The summed E-state index contributed by atoms with van der Waals surface area (Å²) < 4.78 is 63.2. The predicted octanol–water partition coefficient (Wildman–Crippen LogP) is 5.76. The van der Waals surface area contributed by atoms with Crippen LogP contribution in [0.25, 0.3) is 11.1 Å². The molecule has 1 saturated heterocycles. The van der Waals surface area contributed by atoms with Crippen LogP contribution in [0.4, 0.5) is 22.4 Å². The van der Waals surface area contributed by atoms with Crippen molar-refractivity contribution in [3.63, 3.8) is 0 Å². The zero-order valence-corrected chi connectivity index (χ0v) is 16.9. The van der Waals surface area contributed by atoms with Gasteiger partial charge in [0.2, 0.25) is 0 Å². The van der Waals surface area contributed by atoms with E-state index in [0.29, 0.717) is 24.2 Å². The average molecular weight is 425 g/mol. The number of alkyl halides is 3. The van der Waals surface area contributed by atoms with Crippen molar-refractivity contribution in [1.29, 1.82) is 0 Å². The summed E-state index contributed by atoms with van der Waals surface area (Å²) in [5.74, 6) is -0.469. The number of ether oxygens (including phenoxy) is 2. The fourth-order valence-electron chi connectivity index (χ4n) is 3.01. The summed E-state index contributed by atoms with van der Waals surface area (Å²) >= 11 is 0. The first-order valence-electron chi connectivity index (χ1n) is 9.50. The zero-order chi connectivity index (χ0) is 22.1. The number of amides is 1. The van der Waals surface area contributed by atoms with Crippen LogP contribution in [-0.4, -0.2) is 36.3 Å². The Kier molecular flexibility index (Phi) is 5.97. The van der Waals surface area contributed by atoms with E-state index in [0.717, 1.165) is 12.1 Å². The topological polar surface area (TPSA) is 38.8 Å². The third-order valence-corrected chi connectivity index (χ3v) is 4.56. The van der Waals surface area contributed by atoms with Gasteiger partial charge in [-0.15, -0.1) is 0 Å².